The standard InChI is InChI=1S/C17H21BN2O7/c1-17(19,16(23)24)7-20-5-8(6-20)26-12-3-2-9-10-4-11(10)18(25)27-14(9)13(12)15(21)22/h2-3,8,10-11,25H,4-7,19H2,1H3,(H,21,22)(H,23,24)/t10-,11-,17-/m0/s1. The Morgan fingerprint density at radius 1 is 1.41 bits per heavy atom. The number of hydrogen-bond donors (Lipinski definition) is 4. The van der Waals surface area contributed by atoms with E-state index < -0.39 is 24.6 Å². The van der Waals surface area contributed by atoms with Crippen LogP contribution in [0.5, 0.6) is 11.5 Å². The van der Waals surface area contributed by atoms with Crippen molar-refractivity contribution in [1.82, 2.24) is 4.90 Å². The van der Waals surface area contributed by atoms with E-state index >= 15 is 0 Å². The summed E-state index contributed by atoms with van der Waals surface area (Å²) < 4.78 is 11.3. The number of nitrogens with zero attached hydrogens (tertiary/aromatic N) is 1. The van der Waals surface area contributed by atoms with Gasteiger partial charge in [-0.1, -0.05) is 6.07 Å². The van der Waals surface area contributed by atoms with Gasteiger partial charge >= 0.3 is 19.1 Å². The van der Waals surface area contributed by atoms with E-state index in [2.05, 4.69) is 0 Å². The van der Waals surface area contributed by atoms with Crippen LogP contribution in [0.4, 0.5) is 0 Å². The van der Waals surface area contributed by atoms with Gasteiger partial charge in [-0.2, -0.15) is 0 Å². The first-order valence-corrected chi connectivity index (χ1v) is 8.83. The van der Waals surface area contributed by atoms with Gasteiger partial charge in [-0.05, 0) is 30.9 Å². The van der Waals surface area contributed by atoms with Gasteiger partial charge in [-0.15, -0.1) is 0 Å². The molecule has 0 spiro atoms. The van der Waals surface area contributed by atoms with Crippen LogP contribution in [0, 0.1) is 0 Å². The van der Waals surface area contributed by atoms with E-state index in [0.29, 0.717) is 13.1 Å². The van der Waals surface area contributed by atoms with Gasteiger partial charge in [0.15, 0.2) is 0 Å². The van der Waals surface area contributed by atoms with Crippen LogP contribution in [-0.4, -0.2) is 70.5 Å². The number of rotatable bonds is 6. The van der Waals surface area contributed by atoms with Crippen molar-refractivity contribution in [3.63, 3.8) is 0 Å². The second-order valence-corrected chi connectivity index (χ2v) is 7.83. The molecule has 1 saturated heterocycles. The Balaban J connectivity index is 1.47. The van der Waals surface area contributed by atoms with Gasteiger partial charge in [-0.3, -0.25) is 9.69 Å². The molecule has 4 rings (SSSR count). The van der Waals surface area contributed by atoms with Crippen LogP contribution < -0.4 is 15.1 Å². The zero-order chi connectivity index (χ0) is 19.5. The van der Waals surface area contributed by atoms with E-state index in [0.717, 1.165) is 12.0 Å². The monoisotopic (exact) mass is 376 g/mol. The van der Waals surface area contributed by atoms with Gasteiger partial charge in [0.05, 0.1) is 0 Å². The maximum atomic E-state index is 11.8. The van der Waals surface area contributed by atoms with Crippen molar-refractivity contribution >= 4 is 19.1 Å². The minimum absolute atomic E-state index is 0.0333. The zero-order valence-electron chi connectivity index (χ0n) is 14.8. The molecule has 0 aromatic heterocycles. The number of carboxylic acid groups (broad SMARTS) is 2. The fourth-order valence-corrected chi connectivity index (χ4v) is 3.83. The third-order valence-electron chi connectivity index (χ3n) is 5.47. The number of aromatic carboxylic acids is 1. The summed E-state index contributed by atoms with van der Waals surface area (Å²) in [4.78, 5) is 24.7. The van der Waals surface area contributed by atoms with Gasteiger partial charge in [0.1, 0.15) is 28.7 Å². The lowest BCUT2D eigenvalue weighted by molar-refractivity contribution is -0.144. The van der Waals surface area contributed by atoms with Crippen molar-refractivity contribution in [1.29, 1.82) is 0 Å². The lowest BCUT2D eigenvalue weighted by Gasteiger charge is -2.42. The van der Waals surface area contributed by atoms with Crippen molar-refractivity contribution in [2.75, 3.05) is 19.6 Å². The summed E-state index contributed by atoms with van der Waals surface area (Å²) in [6, 6.07) is 3.43. The fraction of sp³-hybridized carbons (Fsp3) is 0.529. The SMILES string of the molecule is C[C@](N)(CN1CC(Oc2ccc3c(c2C(=O)O)OB(O)[C@H]2C[C@@H]32)C1)C(=O)O. The van der Waals surface area contributed by atoms with E-state index in [1.54, 1.807) is 12.1 Å². The van der Waals surface area contributed by atoms with E-state index in [1.165, 1.54) is 6.92 Å². The first-order chi connectivity index (χ1) is 12.7. The Kier molecular flexibility index (Phi) is 4.10. The van der Waals surface area contributed by atoms with Crippen molar-refractivity contribution in [2.45, 2.75) is 36.7 Å². The van der Waals surface area contributed by atoms with E-state index in [-0.39, 0.29) is 41.4 Å². The molecule has 27 heavy (non-hydrogen) atoms. The molecule has 1 aromatic carbocycles. The maximum absolute atomic E-state index is 11.8. The molecule has 0 bridgehead atoms. The number of carbonyl (C=O) groups is 2. The Bertz CT molecular complexity index is 809. The maximum Gasteiger partial charge on any atom is 0.526 e. The molecule has 1 aliphatic carbocycles. The van der Waals surface area contributed by atoms with Gasteiger partial charge < -0.3 is 30.4 Å². The Morgan fingerprint density at radius 2 is 2.11 bits per heavy atom. The molecule has 0 radical (unpaired) electrons. The minimum Gasteiger partial charge on any atom is -0.535 e. The summed E-state index contributed by atoms with van der Waals surface area (Å²) in [5, 5.41) is 28.7. The third-order valence-corrected chi connectivity index (χ3v) is 5.47. The van der Waals surface area contributed by atoms with Gasteiger partial charge in [-0.25, -0.2) is 4.79 Å². The quantitative estimate of drug-likeness (QED) is 0.504. The normalized spacial score (nSPS) is 26.1. The molecular formula is C17H21BN2O7. The molecule has 1 aromatic rings. The van der Waals surface area contributed by atoms with Crippen LogP contribution in [0.1, 0.15) is 35.2 Å². The van der Waals surface area contributed by atoms with Gasteiger partial charge in [0.25, 0.3) is 0 Å². The fourth-order valence-electron chi connectivity index (χ4n) is 3.83. The van der Waals surface area contributed by atoms with E-state index in [9.17, 15) is 19.7 Å². The van der Waals surface area contributed by atoms with Crippen molar-refractivity contribution in [2.24, 2.45) is 5.73 Å². The molecule has 3 aliphatic rings. The third kappa shape index (κ3) is 3.13. The van der Waals surface area contributed by atoms with Crippen LogP contribution in [0.25, 0.3) is 0 Å². The minimum atomic E-state index is -1.35. The summed E-state index contributed by atoms with van der Waals surface area (Å²) in [6.07, 6.45) is 0.514. The Hall–Kier alpha value is -2.30. The number of ether oxygens (including phenoxy) is 1. The predicted octanol–water partition coefficient (Wildman–Crippen LogP) is -0.0198. The van der Waals surface area contributed by atoms with Gasteiger partial charge in [0.2, 0.25) is 0 Å². The number of likely N-dealkylation sites (tertiary alicyclic amines) is 1. The highest BCUT2D eigenvalue weighted by atomic mass is 16.5. The number of aliphatic carboxylic acids is 1. The lowest BCUT2D eigenvalue weighted by Crippen LogP contribution is -2.62. The largest absolute Gasteiger partial charge is 0.535 e. The Morgan fingerprint density at radius 3 is 2.74 bits per heavy atom. The van der Waals surface area contributed by atoms with E-state index in [4.69, 9.17) is 20.2 Å². The molecule has 3 atom stereocenters. The first kappa shape index (κ1) is 18.1. The lowest BCUT2D eigenvalue weighted by atomic mass is 9.77. The molecule has 5 N–H and O–H groups in total. The number of fused-ring (bicyclic) bond motifs is 3. The molecule has 10 heteroatoms. The number of carboxylic acids is 2. The highest BCUT2D eigenvalue weighted by molar-refractivity contribution is 6.48. The van der Waals surface area contributed by atoms with Crippen LogP contribution >= 0.6 is 0 Å². The smallest absolute Gasteiger partial charge is 0.526 e. The number of nitrogens with two attached hydrogens (primary N) is 1. The second kappa shape index (κ2) is 6.11. The molecule has 0 unspecified atom stereocenters. The molecule has 2 heterocycles. The van der Waals surface area contributed by atoms with Crippen LogP contribution in [0.15, 0.2) is 12.1 Å². The predicted molar refractivity (Wildman–Crippen MR) is 94.2 cm³/mol. The summed E-state index contributed by atoms with van der Waals surface area (Å²) in [5.41, 5.74) is 5.10. The summed E-state index contributed by atoms with van der Waals surface area (Å²) in [7, 11) is -0.992. The van der Waals surface area contributed by atoms with E-state index in [1.807, 2.05) is 4.90 Å². The van der Waals surface area contributed by atoms with Crippen LogP contribution in [0.2, 0.25) is 5.82 Å². The zero-order valence-corrected chi connectivity index (χ0v) is 14.8. The Labute approximate surface area is 155 Å². The molecular weight excluding hydrogens is 355 g/mol. The van der Waals surface area contributed by atoms with Crippen LogP contribution in [0.3, 0.4) is 0 Å². The average molecular weight is 376 g/mol. The van der Waals surface area contributed by atoms with Crippen molar-refractivity contribution < 1.29 is 34.2 Å². The average Bonchev–Trinajstić information content (AvgIpc) is 3.33. The highest BCUT2D eigenvalue weighted by Crippen LogP contribution is 2.60. The molecule has 0 amide bonds. The van der Waals surface area contributed by atoms with Gasteiger partial charge in [0, 0.05) is 25.5 Å². The summed E-state index contributed by atoms with van der Waals surface area (Å²) >= 11 is 0. The topological polar surface area (TPSA) is 143 Å². The molecule has 144 valence electrons. The first-order valence-electron chi connectivity index (χ1n) is 8.83. The van der Waals surface area contributed by atoms with Crippen molar-refractivity contribution in [3.8, 4) is 11.5 Å². The highest BCUT2D eigenvalue weighted by Gasteiger charge is 2.54. The number of hydrogen-bond acceptors (Lipinski definition) is 7. The molecule has 2 fully saturated rings. The van der Waals surface area contributed by atoms with Crippen LogP contribution in [-0.2, 0) is 4.79 Å². The number of benzene rings is 1. The molecule has 1 saturated carbocycles. The molecule has 2 aliphatic heterocycles. The summed E-state index contributed by atoms with van der Waals surface area (Å²) in [6.45, 7) is 2.52. The second-order valence-electron chi connectivity index (χ2n) is 7.83. The summed E-state index contributed by atoms with van der Waals surface area (Å²) in [5.74, 6) is -1.72. The molecule has 9 nitrogen and oxygen atoms in total. The van der Waals surface area contributed by atoms with Crippen molar-refractivity contribution in [3.05, 3.63) is 23.3 Å².